The average molecular weight is 199 g/mol. The molecule has 0 radical (unpaired) electrons. The molecule has 1 heterocycles. The van der Waals surface area contributed by atoms with E-state index in [1.54, 1.807) is 0 Å². The predicted octanol–water partition coefficient (Wildman–Crippen LogP) is 3.99. The number of hydrogen-bond acceptors (Lipinski definition) is 1. The lowest BCUT2D eigenvalue weighted by Crippen LogP contribution is -2.04. The van der Waals surface area contributed by atoms with Crippen LogP contribution in [0.2, 0.25) is 0 Å². The Hall–Kier alpha value is -1.37. The summed E-state index contributed by atoms with van der Waals surface area (Å²) in [4.78, 5) is 4.53. The van der Waals surface area contributed by atoms with Gasteiger partial charge in [-0.1, -0.05) is 45.0 Å². The minimum Gasteiger partial charge on any atom is -0.260 e. The molecule has 0 aliphatic rings. The Morgan fingerprint density at radius 2 is 1.73 bits per heavy atom. The maximum atomic E-state index is 4.53. The van der Waals surface area contributed by atoms with Gasteiger partial charge in [-0.25, -0.2) is 0 Å². The van der Waals surface area contributed by atoms with Gasteiger partial charge in [0, 0.05) is 17.5 Å². The molecule has 1 aromatic carbocycles. The lowest BCUT2D eigenvalue weighted by atomic mass is 9.91. The van der Waals surface area contributed by atoms with E-state index >= 15 is 0 Å². The van der Waals surface area contributed by atoms with Crippen LogP contribution in [-0.4, -0.2) is 4.98 Å². The van der Waals surface area contributed by atoms with E-state index in [-0.39, 0.29) is 0 Å². The van der Waals surface area contributed by atoms with E-state index in [2.05, 4.69) is 56.1 Å². The zero-order valence-electron chi connectivity index (χ0n) is 9.57. The van der Waals surface area contributed by atoms with Crippen LogP contribution in [-0.2, 0) is 0 Å². The minimum atomic E-state index is 0.510. The van der Waals surface area contributed by atoms with Crippen LogP contribution in [0.15, 0.2) is 36.5 Å². The monoisotopic (exact) mass is 199 g/mol. The van der Waals surface area contributed by atoms with Gasteiger partial charge in [0.05, 0.1) is 5.69 Å². The molecule has 1 atom stereocenters. The minimum absolute atomic E-state index is 0.510. The normalized spacial score (nSPS) is 13.3. The van der Waals surface area contributed by atoms with Gasteiger partial charge in [-0.2, -0.15) is 0 Å². The standard InChI is InChI=1S/C14H17N/c1-10(2)11(3)14-13-7-5-4-6-12(13)8-9-15-14/h4-11H,1-3H3. The maximum Gasteiger partial charge on any atom is 0.0512 e. The Bertz CT molecular complexity index is 454. The lowest BCUT2D eigenvalue weighted by molar-refractivity contribution is 0.527. The van der Waals surface area contributed by atoms with Gasteiger partial charge in [0.25, 0.3) is 0 Å². The molecule has 0 N–H and O–H groups in total. The molecule has 1 unspecified atom stereocenters. The van der Waals surface area contributed by atoms with Gasteiger partial charge >= 0.3 is 0 Å². The number of rotatable bonds is 2. The van der Waals surface area contributed by atoms with Crippen molar-refractivity contribution in [3.63, 3.8) is 0 Å². The molecule has 0 aliphatic carbocycles. The second-order valence-electron chi connectivity index (χ2n) is 4.45. The Morgan fingerprint density at radius 3 is 2.47 bits per heavy atom. The van der Waals surface area contributed by atoms with Crippen molar-refractivity contribution in [2.75, 3.05) is 0 Å². The van der Waals surface area contributed by atoms with Crippen LogP contribution in [0, 0.1) is 5.92 Å². The van der Waals surface area contributed by atoms with E-state index in [1.165, 1.54) is 16.5 Å². The highest BCUT2D eigenvalue weighted by Crippen LogP contribution is 2.27. The summed E-state index contributed by atoms with van der Waals surface area (Å²) in [6.45, 7) is 6.74. The summed E-state index contributed by atoms with van der Waals surface area (Å²) < 4.78 is 0. The Labute approximate surface area is 91.2 Å². The van der Waals surface area contributed by atoms with Gasteiger partial charge in [-0.15, -0.1) is 0 Å². The maximum absolute atomic E-state index is 4.53. The topological polar surface area (TPSA) is 12.9 Å². The van der Waals surface area contributed by atoms with Crippen LogP contribution in [0.4, 0.5) is 0 Å². The molecule has 78 valence electrons. The fraction of sp³-hybridized carbons (Fsp3) is 0.357. The summed E-state index contributed by atoms with van der Waals surface area (Å²) >= 11 is 0. The van der Waals surface area contributed by atoms with Crippen molar-refractivity contribution in [1.82, 2.24) is 4.98 Å². The first-order valence-electron chi connectivity index (χ1n) is 5.54. The molecule has 1 heteroatoms. The molecule has 2 aromatic rings. The van der Waals surface area contributed by atoms with Gasteiger partial charge in [-0.3, -0.25) is 4.98 Å². The third-order valence-corrected chi connectivity index (χ3v) is 3.14. The van der Waals surface area contributed by atoms with E-state index in [4.69, 9.17) is 0 Å². The molecule has 0 fully saturated rings. The van der Waals surface area contributed by atoms with Crippen LogP contribution in [0.1, 0.15) is 32.4 Å². The smallest absolute Gasteiger partial charge is 0.0512 e. The summed E-state index contributed by atoms with van der Waals surface area (Å²) in [5, 5.41) is 2.58. The molecule has 15 heavy (non-hydrogen) atoms. The van der Waals surface area contributed by atoms with Crippen LogP contribution in [0.3, 0.4) is 0 Å². The highest BCUT2D eigenvalue weighted by Gasteiger charge is 2.13. The van der Waals surface area contributed by atoms with E-state index in [9.17, 15) is 0 Å². The highest BCUT2D eigenvalue weighted by molar-refractivity contribution is 5.84. The molecule has 2 rings (SSSR count). The lowest BCUT2D eigenvalue weighted by Gasteiger charge is -2.16. The molecular weight excluding hydrogens is 182 g/mol. The number of hydrogen-bond donors (Lipinski definition) is 0. The van der Waals surface area contributed by atoms with E-state index in [0.717, 1.165) is 0 Å². The molecule has 1 aromatic heterocycles. The van der Waals surface area contributed by atoms with Crippen molar-refractivity contribution in [2.24, 2.45) is 5.92 Å². The Balaban J connectivity index is 2.60. The molecule has 0 saturated carbocycles. The summed E-state index contributed by atoms with van der Waals surface area (Å²) in [5.74, 6) is 1.14. The van der Waals surface area contributed by atoms with Crippen LogP contribution < -0.4 is 0 Å². The first-order valence-corrected chi connectivity index (χ1v) is 5.54. The third-order valence-electron chi connectivity index (χ3n) is 3.14. The summed E-state index contributed by atoms with van der Waals surface area (Å²) in [5.41, 5.74) is 1.23. The molecule has 0 aliphatic heterocycles. The van der Waals surface area contributed by atoms with Crippen molar-refractivity contribution in [3.05, 3.63) is 42.2 Å². The average Bonchev–Trinajstić information content (AvgIpc) is 2.27. The quantitative estimate of drug-likeness (QED) is 0.712. The van der Waals surface area contributed by atoms with Crippen molar-refractivity contribution in [1.29, 1.82) is 0 Å². The Kier molecular flexibility index (Phi) is 2.72. The van der Waals surface area contributed by atoms with Crippen LogP contribution in [0.25, 0.3) is 10.8 Å². The molecule has 0 amide bonds. The van der Waals surface area contributed by atoms with E-state index in [1.807, 2.05) is 6.20 Å². The summed E-state index contributed by atoms with van der Waals surface area (Å²) in [6, 6.07) is 10.5. The molecule has 0 spiro atoms. The number of aromatic nitrogens is 1. The third kappa shape index (κ3) is 1.87. The Morgan fingerprint density at radius 1 is 1.00 bits per heavy atom. The molecule has 0 saturated heterocycles. The van der Waals surface area contributed by atoms with Crippen LogP contribution in [0.5, 0.6) is 0 Å². The van der Waals surface area contributed by atoms with Gasteiger partial charge in [0.2, 0.25) is 0 Å². The molecular formula is C14H17N. The van der Waals surface area contributed by atoms with E-state index < -0.39 is 0 Å². The largest absolute Gasteiger partial charge is 0.260 e. The van der Waals surface area contributed by atoms with Crippen LogP contribution >= 0.6 is 0 Å². The second-order valence-corrected chi connectivity index (χ2v) is 4.45. The van der Waals surface area contributed by atoms with Gasteiger partial charge in [-0.05, 0) is 17.4 Å². The molecule has 1 nitrogen and oxygen atoms in total. The van der Waals surface area contributed by atoms with Crippen molar-refractivity contribution < 1.29 is 0 Å². The first-order chi connectivity index (χ1) is 7.20. The highest BCUT2D eigenvalue weighted by atomic mass is 14.7. The zero-order chi connectivity index (χ0) is 10.8. The SMILES string of the molecule is CC(C)C(C)c1nccc2ccccc12. The summed E-state index contributed by atoms with van der Waals surface area (Å²) in [7, 11) is 0. The van der Waals surface area contributed by atoms with E-state index in [0.29, 0.717) is 11.8 Å². The first kappa shape index (κ1) is 10.2. The number of pyridine rings is 1. The van der Waals surface area contributed by atoms with Crippen molar-refractivity contribution in [2.45, 2.75) is 26.7 Å². The van der Waals surface area contributed by atoms with Crippen molar-refractivity contribution in [3.8, 4) is 0 Å². The number of fused-ring (bicyclic) bond motifs is 1. The van der Waals surface area contributed by atoms with Gasteiger partial charge in [0.15, 0.2) is 0 Å². The molecule has 0 bridgehead atoms. The predicted molar refractivity (Wildman–Crippen MR) is 65.0 cm³/mol. The van der Waals surface area contributed by atoms with Gasteiger partial charge in [0.1, 0.15) is 0 Å². The van der Waals surface area contributed by atoms with Gasteiger partial charge < -0.3 is 0 Å². The van der Waals surface area contributed by atoms with Crippen molar-refractivity contribution >= 4 is 10.8 Å². The zero-order valence-corrected chi connectivity index (χ0v) is 9.57. The summed E-state index contributed by atoms with van der Waals surface area (Å²) in [6.07, 6.45) is 1.91. The fourth-order valence-corrected chi connectivity index (χ4v) is 1.82. The second kappa shape index (κ2) is 4.01. The fourth-order valence-electron chi connectivity index (χ4n) is 1.82. The number of benzene rings is 1. The number of nitrogens with zero attached hydrogens (tertiary/aromatic N) is 1.